The zero-order valence-corrected chi connectivity index (χ0v) is 21.5. The molecular formula is C21H43N2O4PS. The quantitative estimate of drug-likeness (QED) is 0.256. The predicted molar refractivity (Wildman–Crippen MR) is 124 cm³/mol. The van der Waals surface area contributed by atoms with Gasteiger partial charge in [-0.15, -0.1) is 0 Å². The highest BCUT2D eigenvalue weighted by Gasteiger charge is 2.35. The van der Waals surface area contributed by atoms with Crippen molar-refractivity contribution < 1.29 is 18.6 Å². The molecule has 0 spiro atoms. The first-order valence-electron chi connectivity index (χ1n) is 10.8. The summed E-state index contributed by atoms with van der Waals surface area (Å²) in [7, 11) is 2.14. The number of likely N-dealkylation sites (N-methyl/N-ethyl adjacent to an activating group) is 1. The Morgan fingerprint density at radius 2 is 1.72 bits per heavy atom. The van der Waals surface area contributed by atoms with Gasteiger partial charge in [0.25, 0.3) is 6.57 Å². The van der Waals surface area contributed by atoms with Gasteiger partial charge in [-0.3, -0.25) is 9.36 Å². The molecule has 1 saturated heterocycles. The minimum absolute atomic E-state index is 0.0255. The summed E-state index contributed by atoms with van der Waals surface area (Å²) in [5, 5.41) is 0. The lowest BCUT2D eigenvalue weighted by Gasteiger charge is -2.34. The maximum Gasteiger partial charge on any atom is 0.311 e. The van der Waals surface area contributed by atoms with Crippen molar-refractivity contribution in [3.8, 4) is 0 Å². The predicted octanol–water partition coefficient (Wildman–Crippen LogP) is 4.73. The molecule has 1 fully saturated rings. The number of hydrogen-bond acceptors (Lipinski definition) is 7. The van der Waals surface area contributed by atoms with Crippen LogP contribution in [0.15, 0.2) is 0 Å². The fraction of sp³-hybridized carbons (Fsp3) is 0.952. The van der Waals surface area contributed by atoms with Crippen LogP contribution in [-0.2, 0) is 18.6 Å². The van der Waals surface area contributed by atoms with Crippen LogP contribution < -0.4 is 0 Å². The molecule has 172 valence electrons. The van der Waals surface area contributed by atoms with Gasteiger partial charge in [0, 0.05) is 37.6 Å². The zero-order chi connectivity index (χ0) is 22.3. The van der Waals surface area contributed by atoms with Crippen molar-refractivity contribution in [2.75, 3.05) is 52.1 Å². The van der Waals surface area contributed by atoms with Crippen molar-refractivity contribution in [1.82, 2.24) is 9.80 Å². The van der Waals surface area contributed by atoms with E-state index in [-0.39, 0.29) is 18.2 Å². The lowest BCUT2D eigenvalue weighted by molar-refractivity contribution is -0.153. The van der Waals surface area contributed by atoms with E-state index in [2.05, 4.69) is 16.8 Å². The number of ether oxygens (including phenoxy) is 1. The number of hydrogen-bond donors (Lipinski definition) is 0. The van der Waals surface area contributed by atoms with E-state index in [4.69, 9.17) is 9.26 Å². The maximum absolute atomic E-state index is 13.3. The van der Waals surface area contributed by atoms with Gasteiger partial charge in [-0.05, 0) is 61.1 Å². The van der Waals surface area contributed by atoms with Gasteiger partial charge in [0.05, 0.1) is 11.0 Å². The van der Waals surface area contributed by atoms with Crippen molar-refractivity contribution >= 4 is 23.9 Å². The standard InChI is InChI=1S/C21H43N2O4PS/c1-9-18(2)28(25,27-20(3,4)5)29-17-16-26-19(24)21(6,7)10-11-23-14-12-22(8)13-15-23/h18H,9-17H2,1-8H3. The SMILES string of the molecule is CCC(C)P(=O)(OC(C)(C)C)SCCOC(=O)C(C)(C)CCN1CCN(C)CC1. The van der Waals surface area contributed by atoms with Crippen LogP contribution in [0.2, 0.25) is 0 Å². The van der Waals surface area contributed by atoms with E-state index in [1.807, 2.05) is 48.5 Å². The number of nitrogens with zero attached hydrogens (tertiary/aromatic N) is 2. The summed E-state index contributed by atoms with van der Waals surface area (Å²) >= 11 is 1.32. The highest BCUT2D eigenvalue weighted by atomic mass is 32.7. The third-order valence-electron chi connectivity index (χ3n) is 5.32. The maximum atomic E-state index is 13.3. The summed E-state index contributed by atoms with van der Waals surface area (Å²) < 4.78 is 24.8. The summed E-state index contributed by atoms with van der Waals surface area (Å²) in [5.74, 6) is 0.306. The molecule has 0 saturated carbocycles. The van der Waals surface area contributed by atoms with Crippen molar-refractivity contribution in [1.29, 1.82) is 0 Å². The van der Waals surface area contributed by atoms with Crippen LogP contribution in [0, 0.1) is 5.41 Å². The highest BCUT2D eigenvalue weighted by molar-refractivity contribution is 8.56. The molecule has 8 heteroatoms. The summed E-state index contributed by atoms with van der Waals surface area (Å²) in [5.41, 5.74) is -1.01. The zero-order valence-electron chi connectivity index (χ0n) is 19.8. The molecule has 0 aromatic rings. The molecule has 0 radical (unpaired) electrons. The normalized spacial score (nSPS) is 20.3. The molecular weight excluding hydrogens is 407 g/mol. The Morgan fingerprint density at radius 3 is 2.24 bits per heavy atom. The molecule has 6 nitrogen and oxygen atoms in total. The molecule has 0 aromatic heterocycles. The molecule has 29 heavy (non-hydrogen) atoms. The second-order valence-electron chi connectivity index (χ2n) is 9.75. The number of carbonyl (C=O) groups is 1. The van der Waals surface area contributed by atoms with Gasteiger partial charge in [0.15, 0.2) is 0 Å². The Kier molecular flexibility index (Phi) is 10.7. The first-order valence-corrected chi connectivity index (χ1v) is 14.1. The number of piperazine rings is 1. The van der Waals surface area contributed by atoms with Crippen molar-refractivity contribution in [2.45, 2.75) is 72.6 Å². The Labute approximate surface area is 182 Å². The van der Waals surface area contributed by atoms with E-state index in [9.17, 15) is 9.36 Å². The van der Waals surface area contributed by atoms with Crippen LogP contribution in [0.25, 0.3) is 0 Å². The van der Waals surface area contributed by atoms with E-state index in [1.165, 1.54) is 11.4 Å². The first kappa shape index (κ1) is 27.0. The highest BCUT2D eigenvalue weighted by Crippen LogP contribution is 2.66. The fourth-order valence-corrected chi connectivity index (χ4v) is 8.09. The van der Waals surface area contributed by atoms with E-state index < -0.39 is 17.6 Å². The fourth-order valence-electron chi connectivity index (χ4n) is 2.95. The molecule has 1 aliphatic rings. The minimum atomic E-state index is -2.85. The smallest absolute Gasteiger partial charge is 0.311 e. The van der Waals surface area contributed by atoms with Gasteiger partial charge < -0.3 is 19.1 Å². The Balaban J connectivity index is 2.44. The number of rotatable bonds is 11. The van der Waals surface area contributed by atoms with Crippen LogP contribution in [0.4, 0.5) is 0 Å². The van der Waals surface area contributed by atoms with Gasteiger partial charge in [-0.1, -0.05) is 25.2 Å². The average Bonchev–Trinajstić information content (AvgIpc) is 2.62. The molecule has 0 aliphatic carbocycles. The average molecular weight is 451 g/mol. The van der Waals surface area contributed by atoms with E-state index in [0.717, 1.165) is 45.6 Å². The van der Waals surface area contributed by atoms with Gasteiger partial charge in [0.1, 0.15) is 6.61 Å². The topological polar surface area (TPSA) is 59.1 Å². The van der Waals surface area contributed by atoms with E-state index >= 15 is 0 Å². The molecule has 2 unspecified atom stereocenters. The number of carbonyl (C=O) groups excluding carboxylic acids is 1. The summed E-state index contributed by atoms with van der Waals surface area (Å²) in [6.45, 7) is 16.2. The lowest BCUT2D eigenvalue weighted by atomic mass is 9.89. The van der Waals surface area contributed by atoms with E-state index in [1.54, 1.807) is 0 Å². The Hall–Kier alpha value is -0.0700. The van der Waals surface area contributed by atoms with Crippen LogP contribution in [0.5, 0.6) is 0 Å². The molecule has 1 heterocycles. The third kappa shape index (κ3) is 9.73. The minimum Gasteiger partial charge on any atom is -0.464 e. The van der Waals surface area contributed by atoms with E-state index in [0.29, 0.717) is 5.75 Å². The molecule has 1 rings (SSSR count). The summed E-state index contributed by atoms with van der Waals surface area (Å²) in [6.07, 6.45) is 1.57. The van der Waals surface area contributed by atoms with Crippen molar-refractivity contribution in [3.05, 3.63) is 0 Å². The van der Waals surface area contributed by atoms with Crippen molar-refractivity contribution in [3.63, 3.8) is 0 Å². The van der Waals surface area contributed by atoms with Crippen LogP contribution >= 0.6 is 18.0 Å². The van der Waals surface area contributed by atoms with Crippen LogP contribution in [0.3, 0.4) is 0 Å². The second kappa shape index (κ2) is 11.5. The summed E-state index contributed by atoms with van der Waals surface area (Å²) in [6, 6.07) is 0. The Morgan fingerprint density at radius 1 is 1.14 bits per heavy atom. The van der Waals surface area contributed by atoms with Gasteiger partial charge in [0.2, 0.25) is 0 Å². The molecule has 2 atom stereocenters. The molecule has 0 aromatic carbocycles. The second-order valence-corrected chi connectivity index (χ2v) is 14.9. The van der Waals surface area contributed by atoms with Crippen molar-refractivity contribution in [2.24, 2.45) is 5.41 Å². The lowest BCUT2D eigenvalue weighted by Crippen LogP contribution is -2.45. The molecule has 0 amide bonds. The number of esters is 1. The molecule has 0 bridgehead atoms. The van der Waals surface area contributed by atoms with Gasteiger partial charge >= 0.3 is 5.97 Å². The van der Waals surface area contributed by atoms with Gasteiger partial charge in [-0.2, -0.15) is 0 Å². The first-order chi connectivity index (χ1) is 13.3. The van der Waals surface area contributed by atoms with Crippen LogP contribution in [-0.4, -0.2) is 79.2 Å². The Bertz CT molecular complexity index is 557. The third-order valence-corrected chi connectivity index (χ3v) is 11.2. The van der Waals surface area contributed by atoms with Crippen LogP contribution in [0.1, 0.15) is 61.3 Å². The molecule has 0 N–H and O–H groups in total. The monoisotopic (exact) mass is 450 g/mol. The molecule has 1 aliphatic heterocycles. The van der Waals surface area contributed by atoms with Gasteiger partial charge in [-0.25, -0.2) is 0 Å². The largest absolute Gasteiger partial charge is 0.464 e. The summed E-state index contributed by atoms with van der Waals surface area (Å²) in [4.78, 5) is 17.3.